The number of aromatic carboxylic acids is 1. The molecule has 1 aliphatic rings. The van der Waals surface area contributed by atoms with Gasteiger partial charge in [-0.15, -0.1) is 0 Å². The number of hydrogen-bond acceptors (Lipinski definition) is 3. The van der Waals surface area contributed by atoms with Crippen LogP contribution in [-0.2, 0) is 0 Å². The minimum absolute atomic E-state index is 0.239. The Morgan fingerprint density at radius 2 is 2.36 bits per heavy atom. The SMILES string of the molecule is O=C(O)c1ccc(Br)c2c1NCCO2. The van der Waals surface area contributed by atoms with E-state index < -0.39 is 5.97 Å². The molecule has 0 bridgehead atoms. The predicted octanol–water partition coefficient (Wildman–Crippen LogP) is 1.95. The number of anilines is 1. The predicted molar refractivity (Wildman–Crippen MR) is 55.1 cm³/mol. The van der Waals surface area contributed by atoms with Gasteiger partial charge in [0.2, 0.25) is 0 Å². The summed E-state index contributed by atoms with van der Waals surface area (Å²) in [7, 11) is 0. The molecule has 0 aliphatic carbocycles. The molecule has 1 heterocycles. The van der Waals surface area contributed by atoms with Crippen LogP contribution in [0.25, 0.3) is 0 Å². The maximum absolute atomic E-state index is 10.9. The summed E-state index contributed by atoms with van der Waals surface area (Å²) in [5.41, 5.74) is 0.793. The summed E-state index contributed by atoms with van der Waals surface area (Å²) in [4.78, 5) is 10.9. The Balaban J connectivity index is 2.59. The Bertz CT molecular complexity index is 392. The molecule has 2 N–H and O–H groups in total. The summed E-state index contributed by atoms with van der Waals surface area (Å²) >= 11 is 3.31. The van der Waals surface area contributed by atoms with Gasteiger partial charge in [0.05, 0.1) is 15.7 Å². The molecule has 0 unspecified atom stereocenters. The summed E-state index contributed by atoms with van der Waals surface area (Å²) in [6, 6.07) is 3.22. The van der Waals surface area contributed by atoms with Crippen LogP contribution in [0.3, 0.4) is 0 Å². The van der Waals surface area contributed by atoms with Crippen molar-refractivity contribution in [3.63, 3.8) is 0 Å². The smallest absolute Gasteiger partial charge is 0.337 e. The standard InChI is InChI=1S/C9H8BrNO3/c10-6-2-1-5(9(12)13)7-8(6)14-4-3-11-7/h1-2,11H,3-4H2,(H,12,13). The van der Waals surface area contributed by atoms with E-state index in [2.05, 4.69) is 21.2 Å². The average Bonchev–Trinajstić information content (AvgIpc) is 2.18. The molecule has 74 valence electrons. The lowest BCUT2D eigenvalue weighted by molar-refractivity contribution is 0.0697. The number of nitrogens with one attached hydrogen (secondary N) is 1. The first-order valence-corrected chi connectivity index (χ1v) is 4.92. The fourth-order valence-corrected chi connectivity index (χ4v) is 1.83. The Kier molecular flexibility index (Phi) is 2.33. The lowest BCUT2D eigenvalue weighted by Crippen LogP contribution is -2.20. The highest BCUT2D eigenvalue weighted by molar-refractivity contribution is 9.10. The van der Waals surface area contributed by atoms with E-state index in [-0.39, 0.29) is 5.56 Å². The third-order valence-electron chi connectivity index (χ3n) is 1.99. The average molecular weight is 258 g/mol. The van der Waals surface area contributed by atoms with Crippen LogP contribution in [0.2, 0.25) is 0 Å². The molecular weight excluding hydrogens is 250 g/mol. The molecule has 0 saturated heterocycles. The van der Waals surface area contributed by atoms with Gasteiger partial charge in [-0.25, -0.2) is 4.79 Å². The maximum Gasteiger partial charge on any atom is 0.337 e. The number of benzene rings is 1. The molecule has 0 fully saturated rings. The molecular formula is C9H8BrNO3. The highest BCUT2D eigenvalue weighted by atomic mass is 79.9. The Morgan fingerprint density at radius 1 is 1.57 bits per heavy atom. The van der Waals surface area contributed by atoms with E-state index in [1.54, 1.807) is 12.1 Å². The first-order chi connectivity index (χ1) is 6.70. The molecule has 0 saturated carbocycles. The topological polar surface area (TPSA) is 58.6 Å². The number of halogens is 1. The molecule has 0 atom stereocenters. The van der Waals surface area contributed by atoms with Crippen LogP contribution in [0.1, 0.15) is 10.4 Å². The van der Waals surface area contributed by atoms with Crippen molar-refractivity contribution in [3.8, 4) is 5.75 Å². The van der Waals surface area contributed by atoms with Gasteiger partial charge in [0, 0.05) is 6.54 Å². The number of fused-ring (bicyclic) bond motifs is 1. The molecule has 5 heteroatoms. The molecule has 0 radical (unpaired) electrons. The molecule has 1 aliphatic heterocycles. The number of carbonyl (C=O) groups is 1. The Morgan fingerprint density at radius 3 is 3.07 bits per heavy atom. The summed E-state index contributed by atoms with van der Waals surface area (Å²) in [5, 5.41) is 11.9. The van der Waals surface area contributed by atoms with Gasteiger partial charge in [-0.2, -0.15) is 0 Å². The first kappa shape index (κ1) is 9.33. The quantitative estimate of drug-likeness (QED) is 0.808. The van der Waals surface area contributed by atoms with E-state index in [0.717, 1.165) is 4.47 Å². The number of carboxylic acid groups (broad SMARTS) is 1. The molecule has 0 spiro atoms. The fraction of sp³-hybridized carbons (Fsp3) is 0.222. The van der Waals surface area contributed by atoms with E-state index in [9.17, 15) is 4.79 Å². The molecule has 1 aromatic rings. The zero-order valence-corrected chi connectivity index (χ0v) is 8.80. The van der Waals surface area contributed by atoms with Crippen molar-refractivity contribution in [2.24, 2.45) is 0 Å². The van der Waals surface area contributed by atoms with E-state index in [1.165, 1.54) is 0 Å². The highest BCUT2D eigenvalue weighted by Gasteiger charge is 2.20. The van der Waals surface area contributed by atoms with Crippen molar-refractivity contribution >= 4 is 27.6 Å². The highest BCUT2D eigenvalue weighted by Crippen LogP contribution is 2.37. The van der Waals surface area contributed by atoms with Gasteiger partial charge in [0.25, 0.3) is 0 Å². The molecule has 0 aromatic heterocycles. The van der Waals surface area contributed by atoms with Gasteiger partial charge in [-0.3, -0.25) is 0 Å². The van der Waals surface area contributed by atoms with Crippen LogP contribution in [0.15, 0.2) is 16.6 Å². The van der Waals surface area contributed by atoms with Gasteiger partial charge in [-0.1, -0.05) is 0 Å². The second-order valence-electron chi connectivity index (χ2n) is 2.88. The van der Waals surface area contributed by atoms with Crippen molar-refractivity contribution < 1.29 is 14.6 Å². The molecule has 14 heavy (non-hydrogen) atoms. The van der Waals surface area contributed by atoms with E-state index in [4.69, 9.17) is 9.84 Å². The first-order valence-electron chi connectivity index (χ1n) is 4.12. The molecule has 2 rings (SSSR count). The van der Waals surface area contributed by atoms with Crippen molar-refractivity contribution in [1.82, 2.24) is 0 Å². The van der Waals surface area contributed by atoms with Crippen LogP contribution >= 0.6 is 15.9 Å². The van der Waals surface area contributed by atoms with Crippen LogP contribution in [0.5, 0.6) is 5.75 Å². The molecule has 0 amide bonds. The fourth-order valence-electron chi connectivity index (χ4n) is 1.38. The number of ether oxygens (including phenoxy) is 1. The van der Waals surface area contributed by atoms with E-state index in [0.29, 0.717) is 24.6 Å². The van der Waals surface area contributed by atoms with Gasteiger partial charge in [-0.05, 0) is 28.1 Å². The number of rotatable bonds is 1. The summed E-state index contributed by atoms with van der Waals surface area (Å²) < 4.78 is 6.14. The summed E-state index contributed by atoms with van der Waals surface area (Å²) in [6.45, 7) is 1.18. The van der Waals surface area contributed by atoms with E-state index >= 15 is 0 Å². The molecule has 1 aromatic carbocycles. The van der Waals surface area contributed by atoms with Crippen LogP contribution in [0.4, 0.5) is 5.69 Å². The third kappa shape index (κ3) is 1.43. The van der Waals surface area contributed by atoms with Crippen molar-refractivity contribution in [3.05, 3.63) is 22.2 Å². The second-order valence-corrected chi connectivity index (χ2v) is 3.73. The van der Waals surface area contributed by atoms with Crippen molar-refractivity contribution in [2.45, 2.75) is 0 Å². The maximum atomic E-state index is 10.9. The molecule has 4 nitrogen and oxygen atoms in total. The Labute approximate surface area is 89.0 Å². The zero-order chi connectivity index (χ0) is 10.1. The number of carboxylic acids is 1. The zero-order valence-electron chi connectivity index (χ0n) is 7.21. The summed E-state index contributed by atoms with van der Waals surface area (Å²) in [5.74, 6) is -0.372. The third-order valence-corrected chi connectivity index (χ3v) is 2.61. The van der Waals surface area contributed by atoms with Crippen LogP contribution < -0.4 is 10.1 Å². The Hall–Kier alpha value is -1.23. The summed E-state index contributed by atoms with van der Waals surface area (Å²) in [6.07, 6.45) is 0. The minimum atomic E-state index is -0.952. The normalized spacial score (nSPS) is 13.8. The monoisotopic (exact) mass is 257 g/mol. The van der Waals surface area contributed by atoms with Gasteiger partial charge in [0.15, 0.2) is 5.75 Å². The van der Waals surface area contributed by atoms with Crippen molar-refractivity contribution in [1.29, 1.82) is 0 Å². The minimum Gasteiger partial charge on any atom is -0.488 e. The van der Waals surface area contributed by atoms with Crippen LogP contribution in [-0.4, -0.2) is 24.2 Å². The number of hydrogen-bond donors (Lipinski definition) is 2. The van der Waals surface area contributed by atoms with Crippen molar-refractivity contribution in [2.75, 3.05) is 18.5 Å². The second kappa shape index (κ2) is 3.49. The van der Waals surface area contributed by atoms with Gasteiger partial charge in [0.1, 0.15) is 6.61 Å². The largest absolute Gasteiger partial charge is 0.488 e. The lowest BCUT2D eigenvalue weighted by atomic mass is 10.1. The van der Waals surface area contributed by atoms with E-state index in [1.807, 2.05) is 0 Å². The van der Waals surface area contributed by atoms with Gasteiger partial charge >= 0.3 is 5.97 Å². The van der Waals surface area contributed by atoms with Crippen LogP contribution in [0, 0.1) is 0 Å². The lowest BCUT2D eigenvalue weighted by Gasteiger charge is -2.21. The van der Waals surface area contributed by atoms with Gasteiger partial charge < -0.3 is 15.2 Å².